The Balaban J connectivity index is 1.86. The summed E-state index contributed by atoms with van der Waals surface area (Å²) in [5, 5.41) is 4.13. The van der Waals surface area contributed by atoms with Gasteiger partial charge in [0.1, 0.15) is 0 Å². The van der Waals surface area contributed by atoms with Crippen LogP contribution in [0.25, 0.3) is 21.8 Å². The second-order valence-electron chi connectivity index (χ2n) is 5.69. The van der Waals surface area contributed by atoms with Crippen LogP contribution in [-0.4, -0.2) is 34.1 Å². The first-order chi connectivity index (χ1) is 11.1. The largest absolute Gasteiger partial charge is 0.337 e. The molecule has 0 bridgehead atoms. The average Bonchev–Trinajstić information content (AvgIpc) is 3.17. The third-order valence-electron chi connectivity index (χ3n) is 3.89. The van der Waals surface area contributed by atoms with E-state index in [2.05, 4.69) is 39.1 Å². The minimum Gasteiger partial charge on any atom is -0.337 e. The number of nitrogens with zero attached hydrogens (tertiary/aromatic N) is 4. The summed E-state index contributed by atoms with van der Waals surface area (Å²) in [5.74, 6) is 1.29. The summed E-state index contributed by atoms with van der Waals surface area (Å²) in [4.78, 5) is 12.1. The van der Waals surface area contributed by atoms with Crippen LogP contribution in [0.3, 0.4) is 0 Å². The van der Waals surface area contributed by atoms with Gasteiger partial charge in [0.2, 0.25) is 11.7 Å². The maximum atomic E-state index is 5.44. The summed E-state index contributed by atoms with van der Waals surface area (Å²) in [5.41, 5.74) is 5.05. The van der Waals surface area contributed by atoms with Gasteiger partial charge in [-0.2, -0.15) is 4.98 Å². The predicted molar refractivity (Wildman–Crippen MR) is 92.3 cm³/mol. The van der Waals surface area contributed by atoms with E-state index < -0.39 is 0 Å². The number of rotatable bonds is 5. The lowest BCUT2D eigenvalue weighted by Gasteiger charge is -2.18. The molecule has 1 unspecified atom stereocenters. The Hall–Kier alpha value is -2.05. The number of aromatic nitrogens is 3. The molecule has 0 radical (unpaired) electrons. The van der Waals surface area contributed by atoms with Crippen molar-refractivity contribution in [2.45, 2.75) is 26.3 Å². The van der Waals surface area contributed by atoms with Crippen molar-refractivity contribution in [2.75, 3.05) is 14.1 Å². The Bertz CT molecular complexity index is 776. The molecule has 0 N–H and O–H groups in total. The zero-order valence-corrected chi connectivity index (χ0v) is 14.6. The van der Waals surface area contributed by atoms with E-state index in [4.69, 9.17) is 4.52 Å². The van der Waals surface area contributed by atoms with Gasteiger partial charge < -0.3 is 4.52 Å². The molecule has 0 fully saturated rings. The van der Waals surface area contributed by atoms with Crippen LogP contribution in [0.5, 0.6) is 0 Å². The van der Waals surface area contributed by atoms with Crippen LogP contribution in [-0.2, 0) is 0 Å². The van der Waals surface area contributed by atoms with Gasteiger partial charge >= 0.3 is 0 Å². The lowest BCUT2D eigenvalue weighted by Crippen LogP contribution is -2.19. The molecule has 2 aromatic heterocycles. The first-order valence-electron chi connectivity index (χ1n) is 7.61. The fourth-order valence-corrected chi connectivity index (χ4v) is 3.41. The van der Waals surface area contributed by atoms with Crippen LogP contribution in [0.2, 0.25) is 0 Å². The number of aryl methyl sites for hydroxylation is 1. The Morgan fingerprint density at radius 2 is 1.87 bits per heavy atom. The first-order valence-corrected chi connectivity index (χ1v) is 8.49. The molecule has 0 aliphatic carbocycles. The SMILES string of the molecule is CCC(c1nc(-c2ccc(-c3scnc3C)cc2)no1)N(C)C. The van der Waals surface area contributed by atoms with Gasteiger partial charge in [0.05, 0.1) is 22.1 Å². The Labute approximate surface area is 140 Å². The fraction of sp³-hybridized carbons (Fsp3) is 0.353. The van der Waals surface area contributed by atoms with Crippen molar-refractivity contribution >= 4 is 11.3 Å². The highest BCUT2D eigenvalue weighted by atomic mass is 32.1. The fourth-order valence-electron chi connectivity index (χ4n) is 2.60. The zero-order valence-electron chi connectivity index (χ0n) is 13.8. The van der Waals surface area contributed by atoms with Gasteiger partial charge in [-0.3, -0.25) is 4.90 Å². The van der Waals surface area contributed by atoms with Gasteiger partial charge in [0.25, 0.3) is 0 Å². The molecule has 0 amide bonds. The topological polar surface area (TPSA) is 55.1 Å². The third-order valence-corrected chi connectivity index (χ3v) is 4.87. The standard InChI is InChI=1S/C17H20N4OS/c1-5-14(21(3)4)17-19-16(20-22-17)13-8-6-12(7-9-13)15-11(2)18-10-23-15/h6-10,14H,5H2,1-4H3. The Morgan fingerprint density at radius 3 is 2.43 bits per heavy atom. The molecule has 1 atom stereocenters. The van der Waals surface area contributed by atoms with Gasteiger partial charge in [-0.1, -0.05) is 36.3 Å². The molecule has 0 spiro atoms. The Kier molecular flexibility index (Phi) is 4.54. The third kappa shape index (κ3) is 3.18. The van der Waals surface area contributed by atoms with Crippen molar-refractivity contribution in [2.24, 2.45) is 0 Å². The van der Waals surface area contributed by atoms with Crippen molar-refractivity contribution in [1.82, 2.24) is 20.0 Å². The summed E-state index contributed by atoms with van der Waals surface area (Å²) in [6, 6.07) is 8.36. The van der Waals surface area contributed by atoms with Crippen molar-refractivity contribution in [3.05, 3.63) is 41.4 Å². The minimum atomic E-state index is 0.148. The summed E-state index contributed by atoms with van der Waals surface area (Å²) in [6.07, 6.45) is 0.929. The van der Waals surface area contributed by atoms with Crippen LogP contribution in [0, 0.1) is 6.92 Å². The lowest BCUT2D eigenvalue weighted by atomic mass is 10.1. The Morgan fingerprint density at radius 1 is 1.17 bits per heavy atom. The summed E-state index contributed by atoms with van der Waals surface area (Å²) in [7, 11) is 4.04. The molecule has 3 rings (SSSR count). The highest BCUT2D eigenvalue weighted by Crippen LogP contribution is 2.29. The first kappa shape index (κ1) is 15.8. The quantitative estimate of drug-likeness (QED) is 0.703. The van der Waals surface area contributed by atoms with E-state index in [1.54, 1.807) is 11.3 Å². The van der Waals surface area contributed by atoms with Crippen LogP contribution in [0.1, 0.15) is 31.0 Å². The lowest BCUT2D eigenvalue weighted by molar-refractivity contribution is 0.224. The van der Waals surface area contributed by atoms with Gasteiger partial charge in [0, 0.05) is 5.56 Å². The number of benzene rings is 1. The molecular formula is C17H20N4OS. The normalized spacial score (nSPS) is 12.7. The molecule has 6 heteroatoms. The van der Waals surface area contributed by atoms with Gasteiger partial charge in [-0.25, -0.2) is 4.98 Å². The van der Waals surface area contributed by atoms with Crippen molar-refractivity contribution in [3.63, 3.8) is 0 Å². The average molecular weight is 328 g/mol. The molecule has 0 aliphatic rings. The van der Waals surface area contributed by atoms with Crippen LogP contribution < -0.4 is 0 Å². The number of thiazole rings is 1. The number of hydrogen-bond acceptors (Lipinski definition) is 6. The van der Waals surface area contributed by atoms with Gasteiger partial charge in [-0.05, 0) is 33.0 Å². The van der Waals surface area contributed by atoms with E-state index in [1.165, 1.54) is 4.88 Å². The molecule has 0 saturated carbocycles. The van der Waals surface area contributed by atoms with Gasteiger partial charge in [-0.15, -0.1) is 11.3 Å². The van der Waals surface area contributed by atoms with Crippen LogP contribution in [0.4, 0.5) is 0 Å². The molecule has 23 heavy (non-hydrogen) atoms. The van der Waals surface area contributed by atoms with Gasteiger partial charge in [0.15, 0.2) is 0 Å². The van der Waals surface area contributed by atoms with E-state index in [9.17, 15) is 0 Å². The molecule has 120 valence electrons. The highest BCUT2D eigenvalue weighted by Gasteiger charge is 2.19. The maximum Gasteiger partial charge on any atom is 0.244 e. The van der Waals surface area contributed by atoms with E-state index in [-0.39, 0.29) is 6.04 Å². The monoisotopic (exact) mass is 328 g/mol. The minimum absolute atomic E-state index is 0.148. The van der Waals surface area contributed by atoms with Crippen molar-refractivity contribution < 1.29 is 4.52 Å². The molecule has 5 nitrogen and oxygen atoms in total. The smallest absolute Gasteiger partial charge is 0.244 e. The molecule has 0 saturated heterocycles. The highest BCUT2D eigenvalue weighted by molar-refractivity contribution is 7.13. The zero-order chi connectivity index (χ0) is 16.4. The molecule has 2 heterocycles. The maximum absolute atomic E-state index is 5.44. The van der Waals surface area contributed by atoms with E-state index in [0.29, 0.717) is 11.7 Å². The number of hydrogen-bond donors (Lipinski definition) is 0. The molecule has 3 aromatic rings. The predicted octanol–water partition coefficient (Wildman–Crippen LogP) is 4.18. The van der Waals surface area contributed by atoms with Crippen LogP contribution in [0.15, 0.2) is 34.3 Å². The van der Waals surface area contributed by atoms with E-state index in [0.717, 1.165) is 23.2 Å². The summed E-state index contributed by atoms with van der Waals surface area (Å²) < 4.78 is 5.44. The second kappa shape index (κ2) is 6.60. The van der Waals surface area contributed by atoms with E-state index in [1.807, 2.05) is 38.7 Å². The summed E-state index contributed by atoms with van der Waals surface area (Å²) >= 11 is 1.65. The van der Waals surface area contributed by atoms with Crippen molar-refractivity contribution in [1.29, 1.82) is 0 Å². The summed E-state index contributed by atoms with van der Waals surface area (Å²) in [6.45, 7) is 4.14. The molecule has 1 aromatic carbocycles. The molecule has 0 aliphatic heterocycles. The van der Waals surface area contributed by atoms with Crippen LogP contribution >= 0.6 is 11.3 Å². The van der Waals surface area contributed by atoms with E-state index >= 15 is 0 Å². The second-order valence-corrected chi connectivity index (χ2v) is 6.54. The van der Waals surface area contributed by atoms with Crippen molar-refractivity contribution in [3.8, 4) is 21.8 Å². The molecular weight excluding hydrogens is 308 g/mol.